The molecule has 136 valence electrons. The summed E-state index contributed by atoms with van der Waals surface area (Å²) in [6.45, 7) is 0. The predicted molar refractivity (Wildman–Crippen MR) is 93.6 cm³/mol. The maximum absolute atomic E-state index is 11.9. The fraction of sp³-hybridized carbons (Fsp3) is 0.111. The standard InChI is InChI=1S/C18H16O7S/c19-13-1-5-15(6-2-13)24-16-9-11-18(12-10-16,26(21,22)23)25-17-7-3-14(20)4-8-17/h1-11,19-20H,12H2,(H,21,22,23). The first-order valence-corrected chi connectivity index (χ1v) is 9.03. The first-order chi connectivity index (χ1) is 12.3. The molecule has 0 saturated heterocycles. The molecule has 1 atom stereocenters. The van der Waals surface area contributed by atoms with Gasteiger partial charge >= 0.3 is 10.1 Å². The maximum Gasteiger partial charge on any atom is 0.310 e. The lowest BCUT2D eigenvalue weighted by atomic mass is 10.1. The first-order valence-electron chi connectivity index (χ1n) is 7.59. The van der Waals surface area contributed by atoms with Crippen molar-refractivity contribution >= 4 is 10.1 Å². The van der Waals surface area contributed by atoms with E-state index in [0.29, 0.717) is 11.5 Å². The molecule has 0 amide bonds. The van der Waals surface area contributed by atoms with Crippen LogP contribution in [0, 0.1) is 0 Å². The highest BCUT2D eigenvalue weighted by Gasteiger charge is 2.44. The Kier molecular flexibility index (Phi) is 4.62. The van der Waals surface area contributed by atoms with Gasteiger partial charge in [0.1, 0.15) is 28.8 Å². The lowest BCUT2D eigenvalue weighted by molar-refractivity contribution is 0.186. The lowest BCUT2D eigenvalue weighted by Crippen LogP contribution is -2.43. The number of hydrogen-bond acceptors (Lipinski definition) is 6. The maximum atomic E-state index is 11.9. The Morgan fingerprint density at radius 1 is 0.885 bits per heavy atom. The van der Waals surface area contributed by atoms with Gasteiger partial charge in [-0.2, -0.15) is 8.42 Å². The minimum Gasteiger partial charge on any atom is -0.508 e. The van der Waals surface area contributed by atoms with E-state index in [4.69, 9.17) is 9.47 Å². The fourth-order valence-electron chi connectivity index (χ4n) is 2.35. The molecule has 1 aliphatic rings. The highest BCUT2D eigenvalue weighted by molar-refractivity contribution is 7.87. The van der Waals surface area contributed by atoms with Gasteiger partial charge in [0, 0.05) is 6.42 Å². The van der Waals surface area contributed by atoms with Crippen LogP contribution in [0.15, 0.2) is 72.5 Å². The van der Waals surface area contributed by atoms with Crippen LogP contribution in [0.1, 0.15) is 6.42 Å². The SMILES string of the molecule is O=S(=O)(O)C1(Oc2ccc(O)cc2)C=CC(Oc2ccc(O)cc2)=CC1. The summed E-state index contributed by atoms with van der Waals surface area (Å²) in [6.07, 6.45) is 3.87. The van der Waals surface area contributed by atoms with E-state index < -0.39 is 15.1 Å². The molecule has 1 unspecified atom stereocenters. The molecular weight excluding hydrogens is 360 g/mol. The molecule has 0 saturated carbocycles. The average molecular weight is 376 g/mol. The molecule has 3 N–H and O–H groups in total. The van der Waals surface area contributed by atoms with Crippen LogP contribution in [0.4, 0.5) is 0 Å². The molecule has 0 fully saturated rings. The monoisotopic (exact) mass is 376 g/mol. The van der Waals surface area contributed by atoms with Gasteiger partial charge in [-0.15, -0.1) is 0 Å². The molecular formula is C18H16O7S. The summed E-state index contributed by atoms with van der Waals surface area (Å²) in [5.74, 6) is 1.09. The van der Waals surface area contributed by atoms with Crippen molar-refractivity contribution in [3.63, 3.8) is 0 Å². The highest BCUT2D eigenvalue weighted by atomic mass is 32.2. The van der Waals surface area contributed by atoms with Crippen LogP contribution >= 0.6 is 0 Å². The summed E-state index contributed by atoms with van der Waals surface area (Å²) >= 11 is 0. The molecule has 2 aromatic rings. The number of benzene rings is 2. The van der Waals surface area contributed by atoms with Crippen molar-refractivity contribution in [2.45, 2.75) is 11.4 Å². The van der Waals surface area contributed by atoms with E-state index in [1.54, 1.807) is 12.1 Å². The number of phenols is 2. The second kappa shape index (κ2) is 6.74. The van der Waals surface area contributed by atoms with E-state index in [-0.39, 0.29) is 23.7 Å². The van der Waals surface area contributed by atoms with E-state index in [1.807, 2.05) is 0 Å². The van der Waals surface area contributed by atoms with Crippen molar-refractivity contribution < 1.29 is 32.7 Å². The zero-order valence-electron chi connectivity index (χ0n) is 13.4. The van der Waals surface area contributed by atoms with Crippen LogP contribution < -0.4 is 9.47 Å². The summed E-state index contributed by atoms with van der Waals surface area (Å²) in [4.78, 5) is -1.99. The van der Waals surface area contributed by atoms with Gasteiger partial charge in [-0.05, 0) is 66.8 Å². The summed E-state index contributed by atoms with van der Waals surface area (Å²) in [7, 11) is -4.60. The molecule has 0 radical (unpaired) electrons. The lowest BCUT2D eigenvalue weighted by Gasteiger charge is -2.29. The Hall–Kier alpha value is -2.97. The molecule has 2 aromatic carbocycles. The highest BCUT2D eigenvalue weighted by Crippen LogP contribution is 2.33. The third-order valence-electron chi connectivity index (χ3n) is 3.73. The van der Waals surface area contributed by atoms with Gasteiger partial charge in [-0.25, -0.2) is 0 Å². The summed E-state index contributed by atoms with van der Waals surface area (Å²) in [6, 6.07) is 11.5. The molecule has 0 spiro atoms. The van der Waals surface area contributed by atoms with Crippen molar-refractivity contribution in [3.8, 4) is 23.0 Å². The van der Waals surface area contributed by atoms with E-state index in [1.165, 1.54) is 54.6 Å². The number of aromatic hydroxyl groups is 2. The molecule has 0 aromatic heterocycles. The van der Waals surface area contributed by atoms with Crippen LogP contribution in [-0.2, 0) is 10.1 Å². The van der Waals surface area contributed by atoms with Crippen molar-refractivity contribution in [1.29, 1.82) is 0 Å². The molecule has 0 heterocycles. The van der Waals surface area contributed by atoms with E-state index in [2.05, 4.69) is 0 Å². The Balaban J connectivity index is 1.81. The number of rotatable bonds is 5. The first kappa shape index (κ1) is 17.8. The van der Waals surface area contributed by atoms with Crippen LogP contribution in [0.2, 0.25) is 0 Å². The van der Waals surface area contributed by atoms with E-state index in [9.17, 15) is 23.2 Å². The minimum atomic E-state index is -4.60. The van der Waals surface area contributed by atoms with Crippen molar-refractivity contribution in [2.75, 3.05) is 0 Å². The fourth-order valence-corrected chi connectivity index (χ4v) is 3.08. The number of ether oxygens (including phenoxy) is 2. The smallest absolute Gasteiger partial charge is 0.310 e. The number of phenolic OH excluding ortho intramolecular Hbond substituents is 2. The van der Waals surface area contributed by atoms with Crippen LogP contribution in [0.5, 0.6) is 23.0 Å². The van der Waals surface area contributed by atoms with Crippen molar-refractivity contribution in [2.24, 2.45) is 0 Å². The van der Waals surface area contributed by atoms with Crippen LogP contribution in [0.25, 0.3) is 0 Å². The Morgan fingerprint density at radius 2 is 1.42 bits per heavy atom. The van der Waals surface area contributed by atoms with Crippen molar-refractivity contribution in [3.05, 3.63) is 72.5 Å². The largest absolute Gasteiger partial charge is 0.508 e. The molecule has 7 nitrogen and oxygen atoms in total. The Bertz CT molecular complexity index is 944. The summed E-state index contributed by atoms with van der Waals surface area (Å²) < 4.78 is 44.6. The Labute approximate surface area is 150 Å². The number of allylic oxidation sites excluding steroid dienone is 1. The molecule has 0 aliphatic heterocycles. The molecule has 3 rings (SSSR count). The Morgan fingerprint density at radius 3 is 1.88 bits per heavy atom. The second-order valence-corrected chi connectivity index (χ2v) is 7.26. The second-order valence-electron chi connectivity index (χ2n) is 5.62. The quantitative estimate of drug-likeness (QED) is 0.688. The predicted octanol–water partition coefficient (Wildman–Crippen LogP) is 2.98. The van der Waals surface area contributed by atoms with Gasteiger partial charge in [0.15, 0.2) is 0 Å². The minimum absolute atomic E-state index is 0.00178. The van der Waals surface area contributed by atoms with Gasteiger partial charge in [0.25, 0.3) is 4.93 Å². The molecule has 8 heteroatoms. The third-order valence-corrected chi connectivity index (χ3v) is 4.99. The van der Waals surface area contributed by atoms with Crippen molar-refractivity contribution in [1.82, 2.24) is 0 Å². The van der Waals surface area contributed by atoms with Gasteiger partial charge in [-0.3, -0.25) is 4.55 Å². The van der Waals surface area contributed by atoms with Crippen LogP contribution in [-0.4, -0.2) is 28.1 Å². The van der Waals surface area contributed by atoms with Gasteiger partial charge < -0.3 is 19.7 Å². The van der Waals surface area contributed by atoms with Crippen LogP contribution in [0.3, 0.4) is 0 Å². The average Bonchev–Trinajstić information content (AvgIpc) is 2.60. The normalized spacial score (nSPS) is 19.7. The van der Waals surface area contributed by atoms with E-state index in [0.717, 1.165) is 0 Å². The van der Waals surface area contributed by atoms with Gasteiger partial charge in [0.2, 0.25) is 0 Å². The van der Waals surface area contributed by atoms with E-state index >= 15 is 0 Å². The van der Waals surface area contributed by atoms with Gasteiger partial charge in [-0.1, -0.05) is 0 Å². The summed E-state index contributed by atoms with van der Waals surface area (Å²) in [5.41, 5.74) is 0. The summed E-state index contributed by atoms with van der Waals surface area (Å²) in [5, 5.41) is 18.6. The topological polar surface area (TPSA) is 113 Å². The molecule has 0 bridgehead atoms. The third kappa shape index (κ3) is 3.81. The zero-order chi connectivity index (χ0) is 18.8. The number of hydrogen-bond donors (Lipinski definition) is 3. The van der Waals surface area contributed by atoms with Gasteiger partial charge in [0.05, 0.1) is 0 Å². The molecule has 1 aliphatic carbocycles. The zero-order valence-corrected chi connectivity index (χ0v) is 14.3. The molecule has 26 heavy (non-hydrogen) atoms.